The van der Waals surface area contributed by atoms with Crippen molar-refractivity contribution in [1.29, 1.82) is 0 Å². The lowest BCUT2D eigenvalue weighted by Crippen LogP contribution is -2.41. The van der Waals surface area contributed by atoms with E-state index in [2.05, 4.69) is 22.3 Å². The van der Waals surface area contributed by atoms with Crippen LogP contribution in [0.15, 0.2) is 54.6 Å². The second-order valence-corrected chi connectivity index (χ2v) is 7.20. The van der Waals surface area contributed by atoms with Crippen molar-refractivity contribution >= 4 is 30.7 Å². The Labute approximate surface area is 185 Å². The zero-order valence-electron chi connectivity index (χ0n) is 16.8. The minimum atomic E-state index is -0.596. The van der Waals surface area contributed by atoms with Gasteiger partial charge in [0.2, 0.25) is 5.91 Å². The van der Waals surface area contributed by atoms with E-state index in [1.54, 1.807) is 7.11 Å². The van der Waals surface area contributed by atoms with Crippen molar-refractivity contribution in [1.82, 2.24) is 10.2 Å². The summed E-state index contributed by atoms with van der Waals surface area (Å²) in [6.45, 7) is 3.77. The van der Waals surface area contributed by atoms with E-state index in [1.807, 2.05) is 42.5 Å². The highest BCUT2D eigenvalue weighted by Gasteiger charge is 2.21. The summed E-state index contributed by atoms with van der Waals surface area (Å²) in [6.07, 6.45) is 2.19. The topological polar surface area (TPSA) is 67.6 Å². The van der Waals surface area contributed by atoms with E-state index in [4.69, 9.17) is 10.5 Å². The zero-order chi connectivity index (χ0) is 19.1. The number of methoxy groups -OCH3 is 1. The third-order valence-electron chi connectivity index (χ3n) is 5.28. The summed E-state index contributed by atoms with van der Waals surface area (Å²) in [4.78, 5) is 14.8. The fourth-order valence-corrected chi connectivity index (χ4v) is 3.50. The first-order valence-electron chi connectivity index (χ1n) is 9.59. The summed E-state index contributed by atoms with van der Waals surface area (Å²) in [6, 6.07) is 17.2. The summed E-state index contributed by atoms with van der Waals surface area (Å²) in [5.41, 5.74) is 8.21. The van der Waals surface area contributed by atoms with E-state index in [-0.39, 0.29) is 30.7 Å². The molecule has 1 aliphatic heterocycles. The van der Waals surface area contributed by atoms with Crippen molar-refractivity contribution in [2.24, 2.45) is 11.7 Å². The number of ether oxygens (including phenoxy) is 1. The minimum absolute atomic E-state index is 0. The van der Waals surface area contributed by atoms with Gasteiger partial charge in [0.25, 0.3) is 0 Å². The fourth-order valence-electron chi connectivity index (χ4n) is 3.50. The van der Waals surface area contributed by atoms with Crippen molar-refractivity contribution in [2.75, 3.05) is 26.7 Å². The Morgan fingerprint density at radius 1 is 1.10 bits per heavy atom. The molecule has 29 heavy (non-hydrogen) atoms. The molecule has 2 aromatic carbocycles. The number of piperidine rings is 1. The second-order valence-electron chi connectivity index (χ2n) is 7.20. The normalized spacial score (nSPS) is 15.5. The van der Waals surface area contributed by atoms with Crippen LogP contribution in [0, 0.1) is 5.92 Å². The van der Waals surface area contributed by atoms with E-state index in [1.165, 1.54) is 5.56 Å². The first-order chi connectivity index (χ1) is 13.2. The Morgan fingerprint density at radius 3 is 2.31 bits per heavy atom. The van der Waals surface area contributed by atoms with Crippen LogP contribution in [0.3, 0.4) is 0 Å². The number of halogens is 2. The number of nitrogens with two attached hydrogens (primary N) is 1. The lowest BCUT2D eigenvalue weighted by atomic mass is 9.96. The SMILES string of the molecule is COc1ccc(CN2CCC(CNC(=O)C(N)c3ccccc3)CC2)cc1.Cl.Cl. The maximum absolute atomic E-state index is 12.3. The molecule has 0 bridgehead atoms. The molecule has 0 aliphatic carbocycles. The van der Waals surface area contributed by atoms with Crippen LogP contribution in [-0.2, 0) is 11.3 Å². The molecule has 0 radical (unpaired) electrons. The van der Waals surface area contributed by atoms with Crippen LogP contribution < -0.4 is 15.8 Å². The van der Waals surface area contributed by atoms with Gasteiger partial charge >= 0.3 is 0 Å². The molecule has 1 aliphatic rings. The highest BCUT2D eigenvalue weighted by molar-refractivity contribution is 5.85. The predicted molar refractivity (Wildman–Crippen MR) is 122 cm³/mol. The van der Waals surface area contributed by atoms with E-state index < -0.39 is 6.04 Å². The Bertz CT molecular complexity index is 721. The number of benzene rings is 2. The third kappa shape index (κ3) is 7.52. The van der Waals surface area contributed by atoms with Crippen LogP contribution in [0.1, 0.15) is 30.0 Å². The molecule has 1 atom stereocenters. The second kappa shape index (κ2) is 12.7. The minimum Gasteiger partial charge on any atom is -0.497 e. The van der Waals surface area contributed by atoms with Gasteiger partial charge in [0.15, 0.2) is 0 Å². The van der Waals surface area contributed by atoms with Crippen molar-refractivity contribution in [3.63, 3.8) is 0 Å². The van der Waals surface area contributed by atoms with Gasteiger partial charge in [0.1, 0.15) is 11.8 Å². The molecule has 0 saturated carbocycles. The van der Waals surface area contributed by atoms with Crippen LogP contribution in [0.5, 0.6) is 5.75 Å². The molecule has 3 N–H and O–H groups in total. The molecule has 2 aromatic rings. The number of nitrogens with one attached hydrogen (secondary N) is 1. The highest BCUT2D eigenvalue weighted by Crippen LogP contribution is 2.20. The number of carbonyl (C=O) groups is 1. The van der Waals surface area contributed by atoms with Crippen molar-refractivity contribution in [3.8, 4) is 5.75 Å². The van der Waals surface area contributed by atoms with Crippen LogP contribution >= 0.6 is 24.8 Å². The zero-order valence-corrected chi connectivity index (χ0v) is 18.4. The molecule has 5 nitrogen and oxygen atoms in total. The van der Waals surface area contributed by atoms with E-state index in [9.17, 15) is 4.79 Å². The third-order valence-corrected chi connectivity index (χ3v) is 5.28. The van der Waals surface area contributed by atoms with Crippen molar-refractivity contribution in [2.45, 2.75) is 25.4 Å². The van der Waals surface area contributed by atoms with Gasteiger partial charge in [0.05, 0.1) is 7.11 Å². The van der Waals surface area contributed by atoms with E-state index in [0.29, 0.717) is 12.5 Å². The monoisotopic (exact) mass is 439 g/mol. The number of amides is 1. The molecule has 1 heterocycles. The van der Waals surface area contributed by atoms with E-state index in [0.717, 1.165) is 43.8 Å². The summed E-state index contributed by atoms with van der Waals surface area (Å²) in [5.74, 6) is 1.31. The smallest absolute Gasteiger partial charge is 0.241 e. The molecule has 7 heteroatoms. The Kier molecular flexibility index (Phi) is 11.1. The van der Waals surface area contributed by atoms with Gasteiger partial charge in [-0.25, -0.2) is 0 Å². The Hall–Kier alpha value is -1.79. The average Bonchev–Trinajstić information content (AvgIpc) is 2.73. The molecular weight excluding hydrogens is 409 g/mol. The average molecular weight is 440 g/mol. The summed E-state index contributed by atoms with van der Waals surface area (Å²) in [7, 11) is 1.69. The number of rotatable bonds is 7. The fraction of sp³-hybridized carbons (Fsp3) is 0.409. The van der Waals surface area contributed by atoms with Crippen LogP contribution in [0.25, 0.3) is 0 Å². The molecule has 1 saturated heterocycles. The largest absolute Gasteiger partial charge is 0.497 e. The quantitative estimate of drug-likeness (QED) is 0.691. The molecule has 0 spiro atoms. The van der Waals surface area contributed by atoms with Gasteiger partial charge < -0.3 is 15.8 Å². The summed E-state index contributed by atoms with van der Waals surface area (Å²) < 4.78 is 5.21. The van der Waals surface area contributed by atoms with Crippen molar-refractivity contribution < 1.29 is 9.53 Å². The lowest BCUT2D eigenvalue weighted by molar-refractivity contribution is -0.122. The van der Waals surface area contributed by atoms with Crippen LogP contribution in [0.2, 0.25) is 0 Å². The first-order valence-corrected chi connectivity index (χ1v) is 9.59. The number of hydrogen-bond acceptors (Lipinski definition) is 4. The molecule has 0 aromatic heterocycles. The number of nitrogens with zero attached hydrogens (tertiary/aromatic N) is 1. The summed E-state index contributed by atoms with van der Waals surface area (Å²) in [5, 5.41) is 3.03. The van der Waals surface area contributed by atoms with Gasteiger partial charge in [-0.05, 0) is 55.1 Å². The first kappa shape index (κ1) is 25.2. The molecular formula is C22H31Cl2N3O2. The number of hydrogen-bond donors (Lipinski definition) is 2. The molecule has 1 unspecified atom stereocenters. The van der Waals surface area contributed by atoms with Crippen LogP contribution in [-0.4, -0.2) is 37.6 Å². The van der Waals surface area contributed by atoms with Gasteiger partial charge in [-0.1, -0.05) is 42.5 Å². The van der Waals surface area contributed by atoms with Crippen LogP contribution in [0.4, 0.5) is 0 Å². The summed E-state index contributed by atoms with van der Waals surface area (Å²) >= 11 is 0. The van der Waals surface area contributed by atoms with Gasteiger partial charge in [-0.2, -0.15) is 0 Å². The van der Waals surface area contributed by atoms with Crippen molar-refractivity contribution in [3.05, 3.63) is 65.7 Å². The molecule has 160 valence electrons. The van der Waals surface area contributed by atoms with Gasteiger partial charge in [0, 0.05) is 13.1 Å². The van der Waals surface area contributed by atoms with Gasteiger partial charge in [-0.15, -0.1) is 24.8 Å². The standard InChI is InChI=1S/C22H29N3O2.2ClH/c1-27-20-9-7-18(8-10-20)16-25-13-11-17(12-14-25)15-24-22(26)21(23)19-5-3-2-4-6-19;;/h2-10,17,21H,11-16,23H2,1H3,(H,24,26);2*1H. The lowest BCUT2D eigenvalue weighted by Gasteiger charge is -2.32. The predicted octanol–water partition coefficient (Wildman–Crippen LogP) is 3.57. The van der Waals surface area contributed by atoms with Gasteiger partial charge in [-0.3, -0.25) is 9.69 Å². The Morgan fingerprint density at radius 2 is 1.72 bits per heavy atom. The highest BCUT2D eigenvalue weighted by atomic mass is 35.5. The molecule has 3 rings (SSSR count). The maximum Gasteiger partial charge on any atom is 0.241 e. The number of likely N-dealkylation sites (tertiary alicyclic amines) is 1. The molecule has 1 amide bonds. The molecule has 1 fully saturated rings. The van der Waals surface area contributed by atoms with E-state index >= 15 is 0 Å². The Balaban J connectivity index is 0.00000210. The maximum atomic E-state index is 12.3. The number of carbonyl (C=O) groups excluding carboxylic acids is 1.